The van der Waals surface area contributed by atoms with E-state index in [1.807, 2.05) is 11.8 Å². The minimum absolute atomic E-state index is 0.0261. The van der Waals surface area contributed by atoms with E-state index >= 15 is 0 Å². The molecular formula is C24H53O6PS2. The Morgan fingerprint density at radius 1 is 0.727 bits per heavy atom. The van der Waals surface area contributed by atoms with Crippen molar-refractivity contribution < 1.29 is 29.1 Å². The zero-order valence-corrected chi connectivity index (χ0v) is 23.8. The van der Waals surface area contributed by atoms with E-state index in [0.717, 1.165) is 18.1 Å². The van der Waals surface area contributed by atoms with Crippen molar-refractivity contribution in [1.82, 2.24) is 0 Å². The second-order valence-corrected chi connectivity index (χ2v) is 11.7. The number of unbranched alkanes of at least 4 members (excludes halogenated alkanes) is 15. The first-order valence-electron chi connectivity index (χ1n) is 12.9. The Balaban J connectivity index is 0. The minimum atomic E-state index is -4.64. The minimum Gasteiger partial charge on any atom is -0.394 e. The first kappa shape index (κ1) is 35.9. The first-order chi connectivity index (χ1) is 15.8. The molecule has 6 nitrogen and oxygen atoms in total. The topological polar surface area (TPSA) is 107 Å². The van der Waals surface area contributed by atoms with Crippen LogP contribution in [0.25, 0.3) is 0 Å². The molecule has 0 rings (SSSR count). The van der Waals surface area contributed by atoms with Gasteiger partial charge in [0.15, 0.2) is 0 Å². The molecule has 1 atom stereocenters. The van der Waals surface area contributed by atoms with Crippen molar-refractivity contribution in [3.05, 3.63) is 0 Å². The summed E-state index contributed by atoms with van der Waals surface area (Å²) in [6, 6.07) is 0. The largest absolute Gasteiger partial charge is 0.466 e. The van der Waals surface area contributed by atoms with Gasteiger partial charge < -0.3 is 24.5 Å². The average Bonchev–Trinajstić information content (AvgIpc) is 2.76. The summed E-state index contributed by atoms with van der Waals surface area (Å²) >= 11 is 3.73. The maximum Gasteiger partial charge on any atom is 0.466 e. The van der Waals surface area contributed by atoms with Gasteiger partial charge in [0.1, 0.15) is 0 Å². The summed E-state index contributed by atoms with van der Waals surface area (Å²) in [6.45, 7) is 3.20. The number of hydrogen-bond donors (Lipinski definition) is 4. The van der Waals surface area contributed by atoms with Gasteiger partial charge >= 0.3 is 7.82 Å². The quantitative estimate of drug-likeness (QED) is 0.0795. The van der Waals surface area contributed by atoms with Crippen molar-refractivity contribution in [3.63, 3.8) is 0 Å². The molecule has 0 saturated carbocycles. The zero-order valence-electron chi connectivity index (χ0n) is 21.3. The number of ether oxygens (including phenoxy) is 1. The molecule has 0 spiro atoms. The predicted molar refractivity (Wildman–Crippen MR) is 146 cm³/mol. The Bertz CT molecular complexity index is 404. The lowest BCUT2D eigenvalue weighted by Gasteiger charge is -2.14. The third-order valence-electron chi connectivity index (χ3n) is 5.29. The molecule has 0 aromatic carbocycles. The number of phosphoric acid groups is 1. The molecule has 0 aromatic heterocycles. The lowest BCUT2D eigenvalue weighted by atomic mass is 10.0. The molecule has 1 unspecified atom stereocenters. The van der Waals surface area contributed by atoms with E-state index in [1.165, 1.54) is 108 Å². The molecule has 0 aromatic rings. The molecule has 0 amide bonds. The SMILES string of the molecule is CCCCCCCCCCCCCCCCCCSCC(CO)OCCSC.O=P(O)(O)O. The van der Waals surface area contributed by atoms with Crippen molar-refractivity contribution in [2.75, 3.05) is 36.7 Å². The summed E-state index contributed by atoms with van der Waals surface area (Å²) in [5.41, 5.74) is 0. The van der Waals surface area contributed by atoms with Crippen molar-refractivity contribution >= 4 is 31.3 Å². The molecule has 0 saturated heterocycles. The van der Waals surface area contributed by atoms with E-state index in [1.54, 1.807) is 11.8 Å². The summed E-state index contributed by atoms with van der Waals surface area (Å²) in [7, 11) is -4.64. The van der Waals surface area contributed by atoms with Crippen molar-refractivity contribution in [1.29, 1.82) is 0 Å². The van der Waals surface area contributed by atoms with Crippen LogP contribution >= 0.6 is 31.3 Å². The molecule has 0 bridgehead atoms. The lowest BCUT2D eigenvalue weighted by molar-refractivity contribution is 0.0371. The molecule has 9 heteroatoms. The van der Waals surface area contributed by atoms with Gasteiger partial charge in [-0.25, -0.2) is 4.57 Å². The van der Waals surface area contributed by atoms with Gasteiger partial charge in [-0.3, -0.25) is 0 Å². The van der Waals surface area contributed by atoms with E-state index in [9.17, 15) is 5.11 Å². The third kappa shape index (κ3) is 40.2. The summed E-state index contributed by atoms with van der Waals surface area (Å²) in [6.07, 6.45) is 24.9. The van der Waals surface area contributed by atoms with Crippen LogP contribution in [0.3, 0.4) is 0 Å². The summed E-state index contributed by atoms with van der Waals surface area (Å²) in [5.74, 6) is 3.16. The Kier molecular flexibility index (Phi) is 31.5. The number of thioether (sulfide) groups is 2. The van der Waals surface area contributed by atoms with Crippen LogP contribution in [0.5, 0.6) is 0 Å². The number of hydrogen-bond acceptors (Lipinski definition) is 5. The highest BCUT2D eigenvalue weighted by Crippen LogP contribution is 2.25. The summed E-state index contributed by atoms with van der Waals surface area (Å²) < 4.78 is 14.6. The van der Waals surface area contributed by atoms with Crippen molar-refractivity contribution in [2.45, 2.75) is 116 Å². The number of aliphatic hydroxyl groups is 1. The van der Waals surface area contributed by atoms with Crippen LogP contribution in [0.4, 0.5) is 0 Å². The average molecular weight is 533 g/mol. The zero-order chi connectivity index (χ0) is 25.0. The maximum absolute atomic E-state index is 9.32. The third-order valence-corrected chi connectivity index (χ3v) is 7.05. The molecular weight excluding hydrogens is 479 g/mol. The van der Waals surface area contributed by atoms with Gasteiger partial charge in [0.2, 0.25) is 0 Å². The van der Waals surface area contributed by atoms with Crippen LogP contribution in [0.2, 0.25) is 0 Å². The van der Waals surface area contributed by atoms with Gasteiger partial charge in [-0.05, 0) is 18.4 Å². The van der Waals surface area contributed by atoms with Crippen LogP contribution < -0.4 is 0 Å². The molecule has 202 valence electrons. The van der Waals surface area contributed by atoms with Gasteiger partial charge in [0.05, 0.1) is 19.3 Å². The Hall–Kier alpha value is 0.730. The van der Waals surface area contributed by atoms with Gasteiger partial charge in [0.25, 0.3) is 0 Å². The van der Waals surface area contributed by atoms with E-state index in [2.05, 4.69) is 13.2 Å². The Labute approximate surface area is 212 Å². The highest BCUT2D eigenvalue weighted by atomic mass is 32.2. The standard InChI is InChI=1S/C24H50O2S2.H3O4P/c1-3-4-5-6-7-8-9-10-11-12-13-14-15-16-17-18-20-28-23-24(22-25)26-19-21-27-2;1-5(2,3)4/h24-25H,3-23H2,1-2H3;(H3,1,2,3,4). The van der Waals surface area contributed by atoms with Crippen LogP contribution in [-0.4, -0.2) is 62.6 Å². The number of aliphatic hydroxyl groups excluding tert-OH is 1. The van der Waals surface area contributed by atoms with Gasteiger partial charge in [-0.1, -0.05) is 103 Å². The summed E-state index contributed by atoms with van der Waals surface area (Å²) in [4.78, 5) is 21.6. The summed E-state index contributed by atoms with van der Waals surface area (Å²) in [5, 5.41) is 9.32. The van der Waals surface area contributed by atoms with Crippen LogP contribution in [0, 0.1) is 0 Å². The van der Waals surface area contributed by atoms with E-state index < -0.39 is 7.82 Å². The number of rotatable bonds is 24. The molecule has 33 heavy (non-hydrogen) atoms. The fraction of sp³-hybridized carbons (Fsp3) is 1.00. The highest BCUT2D eigenvalue weighted by Gasteiger charge is 2.07. The fourth-order valence-electron chi connectivity index (χ4n) is 3.42. The normalized spacial score (nSPS) is 12.4. The van der Waals surface area contributed by atoms with Gasteiger partial charge in [0, 0.05) is 11.5 Å². The molecule has 0 fully saturated rings. The molecule has 0 heterocycles. The molecule has 0 aliphatic heterocycles. The van der Waals surface area contributed by atoms with Crippen molar-refractivity contribution in [2.24, 2.45) is 0 Å². The Morgan fingerprint density at radius 2 is 1.12 bits per heavy atom. The van der Waals surface area contributed by atoms with E-state index in [-0.39, 0.29) is 12.7 Å². The second kappa shape index (κ2) is 29.0. The van der Waals surface area contributed by atoms with E-state index in [0.29, 0.717) is 0 Å². The second-order valence-electron chi connectivity index (χ2n) is 8.56. The molecule has 4 N–H and O–H groups in total. The molecule has 0 radical (unpaired) electrons. The van der Waals surface area contributed by atoms with Crippen molar-refractivity contribution in [3.8, 4) is 0 Å². The van der Waals surface area contributed by atoms with Crippen LogP contribution in [0.15, 0.2) is 0 Å². The fourth-order valence-corrected chi connectivity index (χ4v) is 4.72. The van der Waals surface area contributed by atoms with Gasteiger partial charge in [-0.2, -0.15) is 23.5 Å². The highest BCUT2D eigenvalue weighted by molar-refractivity contribution is 7.99. The predicted octanol–water partition coefficient (Wildman–Crippen LogP) is 6.79. The maximum atomic E-state index is 9.32. The molecule has 0 aliphatic carbocycles. The first-order valence-corrected chi connectivity index (χ1v) is 17.0. The van der Waals surface area contributed by atoms with Crippen LogP contribution in [-0.2, 0) is 9.30 Å². The van der Waals surface area contributed by atoms with Crippen LogP contribution in [0.1, 0.15) is 110 Å². The molecule has 0 aliphatic rings. The van der Waals surface area contributed by atoms with E-state index in [4.69, 9.17) is 24.0 Å². The monoisotopic (exact) mass is 532 g/mol. The lowest BCUT2D eigenvalue weighted by Crippen LogP contribution is -2.22. The Morgan fingerprint density at radius 3 is 1.48 bits per heavy atom. The smallest absolute Gasteiger partial charge is 0.394 e. The van der Waals surface area contributed by atoms with Gasteiger partial charge in [-0.15, -0.1) is 0 Å².